The van der Waals surface area contributed by atoms with E-state index < -0.39 is 0 Å². The average Bonchev–Trinajstić information content (AvgIpc) is 3.10. The Labute approximate surface area is 136 Å². The first-order valence-electron chi connectivity index (χ1n) is 8.60. The number of benzene rings is 1. The van der Waals surface area contributed by atoms with Crippen molar-refractivity contribution in [1.82, 2.24) is 4.90 Å². The van der Waals surface area contributed by atoms with Gasteiger partial charge in [-0.25, -0.2) is 0 Å². The number of fused-ring (bicyclic) bond motifs is 2. The van der Waals surface area contributed by atoms with Gasteiger partial charge in [0.25, 0.3) is 0 Å². The van der Waals surface area contributed by atoms with E-state index in [0.717, 1.165) is 31.4 Å². The van der Waals surface area contributed by atoms with Crippen molar-refractivity contribution in [3.05, 3.63) is 41.6 Å². The number of anilines is 1. The van der Waals surface area contributed by atoms with E-state index in [9.17, 15) is 9.90 Å². The van der Waals surface area contributed by atoms with Crippen LogP contribution in [0.2, 0.25) is 0 Å². The molecular formula is C19H22N2O2. The zero-order valence-electron chi connectivity index (χ0n) is 13.4. The number of Topliss-reactive ketones (excluding diaryl/α,β-unsaturated/α-hetero) is 1. The molecule has 1 N–H and O–H groups in total. The minimum Gasteiger partial charge on any atom is -0.388 e. The van der Waals surface area contributed by atoms with Gasteiger partial charge in [-0.3, -0.25) is 4.79 Å². The Balaban J connectivity index is 1.67. The van der Waals surface area contributed by atoms with E-state index in [1.165, 1.54) is 11.3 Å². The molecule has 5 rings (SSSR count). The molecule has 4 nitrogen and oxygen atoms in total. The van der Waals surface area contributed by atoms with Crippen molar-refractivity contribution < 1.29 is 9.90 Å². The highest BCUT2D eigenvalue weighted by molar-refractivity contribution is 5.97. The summed E-state index contributed by atoms with van der Waals surface area (Å²) in [6.07, 6.45) is 5.31. The smallest absolute Gasteiger partial charge is 0.185 e. The second-order valence-electron chi connectivity index (χ2n) is 7.52. The first-order chi connectivity index (χ1) is 11.2. The molecule has 0 amide bonds. The Morgan fingerprint density at radius 2 is 2.09 bits per heavy atom. The van der Waals surface area contributed by atoms with Gasteiger partial charge in [-0.05, 0) is 36.8 Å². The molecule has 4 heteroatoms. The number of ketones is 1. The van der Waals surface area contributed by atoms with Gasteiger partial charge in [0.05, 0.1) is 0 Å². The normalized spacial score (nSPS) is 36.6. The zero-order chi connectivity index (χ0) is 15.8. The van der Waals surface area contributed by atoms with Crippen LogP contribution in [-0.4, -0.2) is 48.1 Å². The number of hydrogen-bond acceptors (Lipinski definition) is 4. The summed E-state index contributed by atoms with van der Waals surface area (Å²) in [6.45, 7) is 0.644. The third kappa shape index (κ3) is 1.48. The first-order valence-corrected chi connectivity index (χ1v) is 8.60. The number of carbonyl (C=O) groups is 1. The van der Waals surface area contributed by atoms with Crippen molar-refractivity contribution in [2.75, 3.05) is 25.1 Å². The van der Waals surface area contributed by atoms with Crippen LogP contribution in [0.4, 0.5) is 5.69 Å². The number of carbonyl (C=O) groups excluding carboxylic acids is 1. The van der Waals surface area contributed by atoms with E-state index in [1.54, 1.807) is 0 Å². The number of aliphatic hydroxyl groups is 1. The monoisotopic (exact) mass is 310 g/mol. The molecule has 23 heavy (non-hydrogen) atoms. The topological polar surface area (TPSA) is 43.8 Å². The third-order valence-corrected chi connectivity index (χ3v) is 6.85. The molecule has 1 aromatic rings. The molecule has 1 saturated heterocycles. The van der Waals surface area contributed by atoms with Crippen LogP contribution < -0.4 is 4.90 Å². The van der Waals surface area contributed by atoms with Gasteiger partial charge in [0, 0.05) is 48.6 Å². The van der Waals surface area contributed by atoms with E-state index in [0.29, 0.717) is 18.0 Å². The largest absolute Gasteiger partial charge is 0.388 e. The Morgan fingerprint density at radius 1 is 1.30 bits per heavy atom. The van der Waals surface area contributed by atoms with E-state index in [4.69, 9.17) is 0 Å². The van der Waals surface area contributed by atoms with E-state index in [2.05, 4.69) is 47.3 Å². The Bertz CT molecular complexity index is 728. The second kappa shape index (κ2) is 4.38. The van der Waals surface area contributed by atoms with Crippen LogP contribution in [0.25, 0.3) is 0 Å². The first kappa shape index (κ1) is 13.6. The van der Waals surface area contributed by atoms with Gasteiger partial charge in [-0.15, -0.1) is 0 Å². The van der Waals surface area contributed by atoms with Crippen molar-refractivity contribution in [2.45, 2.75) is 36.8 Å². The van der Waals surface area contributed by atoms with Gasteiger partial charge in [0.15, 0.2) is 5.78 Å². The molecule has 4 atom stereocenters. The van der Waals surface area contributed by atoms with Crippen LogP contribution in [0.5, 0.6) is 0 Å². The third-order valence-electron chi connectivity index (χ3n) is 6.85. The molecule has 3 heterocycles. The number of nitrogens with zero attached hydrogens (tertiary/aromatic N) is 2. The summed E-state index contributed by atoms with van der Waals surface area (Å²) in [6, 6.07) is 9.80. The second-order valence-corrected chi connectivity index (χ2v) is 7.52. The summed E-state index contributed by atoms with van der Waals surface area (Å²) in [7, 11) is 2.21. The molecule has 4 aliphatic rings. The van der Waals surface area contributed by atoms with E-state index in [1.807, 2.05) is 0 Å². The number of para-hydroxylation sites is 1. The fourth-order valence-electron chi connectivity index (χ4n) is 5.94. The van der Waals surface area contributed by atoms with Gasteiger partial charge in [0.2, 0.25) is 0 Å². The molecule has 1 saturated carbocycles. The minimum absolute atomic E-state index is 0.0917. The van der Waals surface area contributed by atoms with Crippen LogP contribution in [0.15, 0.2) is 36.0 Å². The van der Waals surface area contributed by atoms with Crippen molar-refractivity contribution >= 4 is 11.5 Å². The lowest BCUT2D eigenvalue weighted by atomic mass is 9.60. The van der Waals surface area contributed by atoms with Crippen molar-refractivity contribution in [3.63, 3.8) is 0 Å². The molecule has 1 spiro atoms. The van der Waals surface area contributed by atoms with E-state index in [-0.39, 0.29) is 17.8 Å². The number of rotatable bonds is 2. The molecular weight excluding hydrogens is 288 g/mol. The van der Waals surface area contributed by atoms with Crippen LogP contribution in [0.3, 0.4) is 0 Å². The quantitative estimate of drug-likeness (QED) is 0.903. The van der Waals surface area contributed by atoms with Gasteiger partial charge < -0.3 is 14.9 Å². The molecule has 0 unspecified atom stereocenters. The fourth-order valence-corrected chi connectivity index (χ4v) is 5.94. The average molecular weight is 310 g/mol. The van der Waals surface area contributed by atoms with Gasteiger partial charge in [-0.1, -0.05) is 18.2 Å². The molecule has 0 aromatic heterocycles. The minimum atomic E-state index is -0.368. The molecule has 1 aliphatic carbocycles. The Morgan fingerprint density at radius 3 is 2.91 bits per heavy atom. The maximum absolute atomic E-state index is 12.2. The van der Waals surface area contributed by atoms with Gasteiger partial charge >= 0.3 is 0 Å². The Hall–Kier alpha value is -1.81. The molecule has 0 radical (unpaired) electrons. The van der Waals surface area contributed by atoms with Crippen molar-refractivity contribution in [1.29, 1.82) is 0 Å². The summed E-state index contributed by atoms with van der Waals surface area (Å²) in [5.41, 5.74) is 3.93. The summed E-state index contributed by atoms with van der Waals surface area (Å²) >= 11 is 0. The predicted octanol–water partition coefficient (Wildman–Crippen LogP) is 1.69. The zero-order valence-corrected chi connectivity index (χ0v) is 13.4. The van der Waals surface area contributed by atoms with Crippen molar-refractivity contribution in [3.8, 4) is 0 Å². The summed E-state index contributed by atoms with van der Waals surface area (Å²) in [5.74, 6) is 0.204. The maximum Gasteiger partial charge on any atom is 0.185 e. The summed E-state index contributed by atoms with van der Waals surface area (Å²) in [5, 5.41) is 9.31. The molecule has 1 aromatic carbocycles. The molecule has 2 fully saturated rings. The lowest BCUT2D eigenvalue weighted by molar-refractivity contribution is -0.119. The van der Waals surface area contributed by atoms with Gasteiger partial charge in [-0.2, -0.15) is 0 Å². The van der Waals surface area contributed by atoms with Crippen LogP contribution >= 0.6 is 0 Å². The highest BCUT2D eigenvalue weighted by atomic mass is 16.3. The molecule has 2 bridgehead atoms. The molecule has 120 valence electrons. The SMILES string of the molecule is CN1c2ccccc2[C@]23CCN4C=C(C(=O)CO)[C@H](C[C@H]42)C[C@H]13. The van der Waals surface area contributed by atoms with Crippen LogP contribution in [-0.2, 0) is 10.2 Å². The predicted molar refractivity (Wildman–Crippen MR) is 88.3 cm³/mol. The van der Waals surface area contributed by atoms with Crippen molar-refractivity contribution in [2.24, 2.45) is 5.92 Å². The maximum atomic E-state index is 12.2. The highest BCUT2D eigenvalue weighted by Gasteiger charge is 2.63. The lowest BCUT2D eigenvalue weighted by Gasteiger charge is -2.51. The Kier molecular flexibility index (Phi) is 2.59. The van der Waals surface area contributed by atoms with Crippen LogP contribution in [0, 0.1) is 5.92 Å². The standard InChI is InChI=1S/C19H22N2O2/c1-20-15-5-3-2-4-14(15)19-6-7-21-10-13(16(23)11-22)12(8-17(19)20)9-18(19)21/h2-5,10,12,17-18,22H,6-9,11H2,1H3/t12-,17-,18-,19-/m0/s1. The molecule has 3 aliphatic heterocycles. The number of likely N-dealkylation sites (N-methyl/N-ethyl adjacent to an activating group) is 1. The summed E-state index contributed by atoms with van der Waals surface area (Å²) in [4.78, 5) is 17.0. The fraction of sp³-hybridized carbons (Fsp3) is 0.526. The van der Waals surface area contributed by atoms with Crippen LogP contribution in [0.1, 0.15) is 24.8 Å². The van der Waals surface area contributed by atoms with E-state index >= 15 is 0 Å². The number of aliphatic hydroxyl groups excluding tert-OH is 1. The summed E-state index contributed by atoms with van der Waals surface area (Å²) < 4.78 is 0. The van der Waals surface area contributed by atoms with Gasteiger partial charge in [0.1, 0.15) is 6.61 Å². The number of hydrogen-bond donors (Lipinski definition) is 1. The lowest BCUT2D eigenvalue weighted by Crippen LogP contribution is -2.58. The highest BCUT2D eigenvalue weighted by Crippen LogP contribution is 2.60.